The lowest BCUT2D eigenvalue weighted by Crippen LogP contribution is -2.17. The summed E-state index contributed by atoms with van der Waals surface area (Å²) in [7, 11) is 1.94. The van der Waals surface area contributed by atoms with Crippen LogP contribution >= 0.6 is 27.3 Å². The van der Waals surface area contributed by atoms with Gasteiger partial charge in [0.25, 0.3) is 0 Å². The lowest BCUT2D eigenvalue weighted by molar-refractivity contribution is 0.628. The van der Waals surface area contributed by atoms with Crippen LogP contribution in [-0.4, -0.2) is 7.05 Å². The van der Waals surface area contributed by atoms with Crippen molar-refractivity contribution in [1.29, 1.82) is 0 Å². The van der Waals surface area contributed by atoms with Gasteiger partial charge in [-0.15, -0.1) is 11.3 Å². The van der Waals surface area contributed by atoms with Gasteiger partial charge in [0.1, 0.15) is 5.82 Å². The standard InChI is InChI=1S/C12H12BrFN2S/c1-16(7-9-3-5-12(13)17-9)11-4-2-8(14)6-10(11)15/h2-6H,7,15H2,1H3. The number of anilines is 2. The molecule has 0 aliphatic rings. The third-order valence-corrected chi connectivity index (χ3v) is 4.03. The highest BCUT2D eigenvalue weighted by molar-refractivity contribution is 9.11. The van der Waals surface area contributed by atoms with Crippen LogP contribution < -0.4 is 10.6 Å². The number of hydrogen-bond acceptors (Lipinski definition) is 3. The van der Waals surface area contributed by atoms with Gasteiger partial charge in [-0.25, -0.2) is 4.39 Å². The van der Waals surface area contributed by atoms with Crippen molar-refractivity contribution in [2.45, 2.75) is 6.54 Å². The van der Waals surface area contributed by atoms with Crippen LogP contribution in [-0.2, 0) is 6.54 Å². The zero-order valence-corrected chi connectivity index (χ0v) is 11.7. The van der Waals surface area contributed by atoms with Crippen molar-refractivity contribution < 1.29 is 4.39 Å². The Morgan fingerprint density at radius 2 is 2.12 bits per heavy atom. The maximum Gasteiger partial charge on any atom is 0.125 e. The lowest BCUT2D eigenvalue weighted by Gasteiger charge is -2.20. The van der Waals surface area contributed by atoms with Gasteiger partial charge in [0, 0.05) is 11.9 Å². The largest absolute Gasteiger partial charge is 0.397 e. The fourth-order valence-corrected chi connectivity index (χ4v) is 3.17. The van der Waals surface area contributed by atoms with Gasteiger partial charge < -0.3 is 10.6 Å². The molecule has 0 atom stereocenters. The van der Waals surface area contributed by atoms with Crippen LogP contribution in [0.15, 0.2) is 34.1 Å². The molecule has 1 aromatic carbocycles. The predicted molar refractivity (Wildman–Crippen MR) is 74.9 cm³/mol. The highest BCUT2D eigenvalue weighted by Crippen LogP contribution is 2.27. The van der Waals surface area contributed by atoms with Crippen LogP contribution in [0.1, 0.15) is 4.88 Å². The van der Waals surface area contributed by atoms with E-state index in [-0.39, 0.29) is 5.82 Å². The highest BCUT2D eigenvalue weighted by atomic mass is 79.9. The second-order valence-electron chi connectivity index (χ2n) is 3.77. The minimum atomic E-state index is -0.307. The van der Waals surface area contributed by atoms with Gasteiger partial charge in [0.2, 0.25) is 0 Å². The molecule has 0 aliphatic carbocycles. The average molecular weight is 315 g/mol. The monoisotopic (exact) mass is 314 g/mol. The van der Waals surface area contributed by atoms with Crippen molar-refractivity contribution in [3.05, 3.63) is 44.8 Å². The Morgan fingerprint density at radius 3 is 2.71 bits per heavy atom. The van der Waals surface area contributed by atoms with Crippen molar-refractivity contribution in [2.24, 2.45) is 0 Å². The SMILES string of the molecule is CN(Cc1ccc(Br)s1)c1ccc(F)cc1N. The van der Waals surface area contributed by atoms with E-state index in [0.717, 1.165) is 16.0 Å². The Balaban J connectivity index is 2.17. The van der Waals surface area contributed by atoms with Gasteiger partial charge in [-0.05, 0) is 46.3 Å². The first kappa shape index (κ1) is 12.4. The van der Waals surface area contributed by atoms with Gasteiger partial charge in [-0.3, -0.25) is 0 Å². The molecule has 0 fully saturated rings. The fraction of sp³-hybridized carbons (Fsp3) is 0.167. The number of rotatable bonds is 3. The van der Waals surface area contributed by atoms with Gasteiger partial charge in [-0.1, -0.05) is 0 Å². The molecule has 2 aromatic rings. The molecule has 17 heavy (non-hydrogen) atoms. The van der Waals surface area contributed by atoms with E-state index in [1.807, 2.05) is 18.0 Å². The first-order valence-electron chi connectivity index (χ1n) is 5.06. The normalized spacial score (nSPS) is 10.5. The average Bonchev–Trinajstić information content (AvgIpc) is 2.63. The molecule has 0 aliphatic heterocycles. The van der Waals surface area contributed by atoms with E-state index >= 15 is 0 Å². The minimum absolute atomic E-state index is 0.307. The lowest BCUT2D eigenvalue weighted by atomic mass is 10.2. The van der Waals surface area contributed by atoms with Crippen LogP contribution in [0, 0.1) is 5.82 Å². The molecular weight excluding hydrogens is 303 g/mol. The summed E-state index contributed by atoms with van der Waals surface area (Å²) in [6.45, 7) is 0.756. The number of nitrogen functional groups attached to an aromatic ring is 1. The van der Waals surface area contributed by atoms with Crippen LogP contribution in [0.5, 0.6) is 0 Å². The van der Waals surface area contributed by atoms with Gasteiger partial charge in [-0.2, -0.15) is 0 Å². The van der Waals surface area contributed by atoms with Crippen molar-refractivity contribution in [1.82, 2.24) is 0 Å². The highest BCUT2D eigenvalue weighted by Gasteiger charge is 2.08. The van der Waals surface area contributed by atoms with Gasteiger partial charge >= 0.3 is 0 Å². The number of thiophene rings is 1. The van der Waals surface area contributed by atoms with Crippen molar-refractivity contribution in [3.63, 3.8) is 0 Å². The first-order valence-corrected chi connectivity index (χ1v) is 6.67. The fourth-order valence-electron chi connectivity index (χ4n) is 1.63. The topological polar surface area (TPSA) is 29.3 Å². The predicted octanol–water partition coefficient (Wildman–Crippen LogP) is 3.87. The van der Waals surface area contributed by atoms with E-state index in [9.17, 15) is 4.39 Å². The Morgan fingerprint density at radius 1 is 1.35 bits per heavy atom. The third-order valence-electron chi connectivity index (χ3n) is 2.42. The molecular formula is C12H12BrFN2S. The smallest absolute Gasteiger partial charge is 0.125 e. The summed E-state index contributed by atoms with van der Waals surface area (Å²) in [4.78, 5) is 3.23. The van der Waals surface area contributed by atoms with Crippen LogP contribution in [0.25, 0.3) is 0 Å². The Bertz CT molecular complexity index is 527. The summed E-state index contributed by atoms with van der Waals surface area (Å²) in [6, 6.07) is 8.54. The third kappa shape index (κ3) is 2.98. The van der Waals surface area contributed by atoms with Gasteiger partial charge in [0.05, 0.1) is 21.7 Å². The molecule has 0 unspecified atom stereocenters. The van der Waals surface area contributed by atoms with E-state index < -0.39 is 0 Å². The molecule has 0 saturated carbocycles. The molecule has 0 saturated heterocycles. The molecule has 5 heteroatoms. The zero-order valence-electron chi connectivity index (χ0n) is 9.28. The molecule has 1 aromatic heterocycles. The van der Waals surface area contributed by atoms with E-state index in [1.165, 1.54) is 17.0 Å². The minimum Gasteiger partial charge on any atom is -0.397 e. The Kier molecular flexibility index (Phi) is 3.69. The molecule has 90 valence electrons. The summed E-state index contributed by atoms with van der Waals surface area (Å²) in [5.74, 6) is -0.307. The molecule has 0 amide bonds. The number of nitrogens with two attached hydrogens (primary N) is 1. The summed E-state index contributed by atoms with van der Waals surface area (Å²) in [5.41, 5.74) is 7.10. The zero-order chi connectivity index (χ0) is 12.4. The Labute approximate surface area is 112 Å². The van der Waals surface area contributed by atoms with Crippen LogP contribution in [0.3, 0.4) is 0 Å². The summed E-state index contributed by atoms with van der Waals surface area (Å²) in [5, 5.41) is 0. The van der Waals surface area contributed by atoms with Crippen molar-refractivity contribution in [3.8, 4) is 0 Å². The molecule has 2 N–H and O–H groups in total. The molecule has 0 spiro atoms. The molecule has 0 bridgehead atoms. The summed E-state index contributed by atoms with van der Waals surface area (Å²) < 4.78 is 14.0. The van der Waals surface area contributed by atoms with E-state index in [1.54, 1.807) is 17.4 Å². The number of nitrogens with zero attached hydrogens (tertiary/aromatic N) is 1. The summed E-state index contributed by atoms with van der Waals surface area (Å²) in [6.07, 6.45) is 0. The molecule has 1 heterocycles. The maximum absolute atomic E-state index is 12.9. The van der Waals surface area contributed by atoms with Crippen molar-refractivity contribution >= 4 is 38.6 Å². The molecule has 0 radical (unpaired) electrons. The van der Waals surface area contributed by atoms with Gasteiger partial charge in [0.15, 0.2) is 0 Å². The second kappa shape index (κ2) is 5.06. The van der Waals surface area contributed by atoms with E-state index in [0.29, 0.717) is 5.69 Å². The summed E-state index contributed by atoms with van der Waals surface area (Å²) >= 11 is 5.11. The number of hydrogen-bond donors (Lipinski definition) is 1. The molecule has 2 rings (SSSR count). The first-order chi connectivity index (χ1) is 8.06. The van der Waals surface area contributed by atoms with Crippen LogP contribution in [0.2, 0.25) is 0 Å². The second-order valence-corrected chi connectivity index (χ2v) is 6.31. The van der Waals surface area contributed by atoms with Crippen LogP contribution in [0.4, 0.5) is 15.8 Å². The number of halogens is 2. The Hall–Kier alpha value is -1.07. The van der Waals surface area contributed by atoms with E-state index in [2.05, 4.69) is 22.0 Å². The van der Waals surface area contributed by atoms with Crippen molar-refractivity contribution in [2.75, 3.05) is 17.7 Å². The van der Waals surface area contributed by atoms with E-state index in [4.69, 9.17) is 5.73 Å². The maximum atomic E-state index is 12.9. The quantitative estimate of drug-likeness (QED) is 0.871. The molecule has 2 nitrogen and oxygen atoms in total. The number of benzene rings is 1.